The Hall–Kier alpha value is -3.53. The molecule has 1 aromatic heterocycles. The summed E-state index contributed by atoms with van der Waals surface area (Å²) in [6, 6.07) is 19.0. The van der Waals surface area contributed by atoms with E-state index < -0.39 is 0 Å². The predicted octanol–water partition coefficient (Wildman–Crippen LogP) is 5.66. The van der Waals surface area contributed by atoms with Crippen LogP contribution in [0.4, 0.5) is 0 Å². The lowest BCUT2D eigenvalue weighted by Crippen LogP contribution is -2.06. The molecule has 0 atom stereocenters. The van der Waals surface area contributed by atoms with Crippen molar-refractivity contribution in [3.05, 3.63) is 93.8 Å². The summed E-state index contributed by atoms with van der Waals surface area (Å²) in [5.74, 6) is 1.29. The Balaban J connectivity index is 1.66. The normalized spacial score (nSPS) is 10.9. The monoisotopic (exact) mass is 386 g/mol. The lowest BCUT2D eigenvalue weighted by atomic mass is 10.0. The Morgan fingerprint density at radius 2 is 1.76 bits per heavy atom. The summed E-state index contributed by atoms with van der Waals surface area (Å²) in [5.41, 5.74) is 5.09. The minimum Gasteiger partial charge on any atom is -0.496 e. The van der Waals surface area contributed by atoms with Crippen molar-refractivity contribution in [3.8, 4) is 22.6 Å². The van der Waals surface area contributed by atoms with Gasteiger partial charge in [-0.05, 0) is 43.2 Å². The van der Waals surface area contributed by atoms with Crippen molar-refractivity contribution in [2.75, 3.05) is 7.11 Å². The molecule has 146 valence electrons. The first-order valence-electron chi connectivity index (χ1n) is 9.44. The molecular formula is C25H22O4. The van der Waals surface area contributed by atoms with Crippen LogP contribution in [0.5, 0.6) is 11.5 Å². The Morgan fingerprint density at radius 1 is 0.931 bits per heavy atom. The van der Waals surface area contributed by atoms with E-state index in [-0.39, 0.29) is 5.43 Å². The van der Waals surface area contributed by atoms with Crippen LogP contribution in [0.3, 0.4) is 0 Å². The van der Waals surface area contributed by atoms with Gasteiger partial charge < -0.3 is 13.9 Å². The molecule has 0 fully saturated rings. The predicted molar refractivity (Wildman–Crippen MR) is 115 cm³/mol. The minimum absolute atomic E-state index is 0.100. The smallest absolute Gasteiger partial charge is 0.200 e. The number of fused-ring (bicyclic) bond motifs is 1. The molecule has 1 heterocycles. The number of para-hydroxylation sites is 1. The first kappa shape index (κ1) is 18.8. The third-order valence-corrected chi connectivity index (χ3v) is 5.04. The topological polar surface area (TPSA) is 48.7 Å². The van der Waals surface area contributed by atoms with Gasteiger partial charge in [0.05, 0.1) is 18.1 Å². The molecule has 4 heteroatoms. The van der Waals surface area contributed by atoms with Gasteiger partial charge in [0, 0.05) is 11.6 Å². The number of methoxy groups -OCH3 is 1. The third kappa shape index (κ3) is 3.74. The molecular weight excluding hydrogens is 364 g/mol. The summed E-state index contributed by atoms with van der Waals surface area (Å²) < 4.78 is 17.1. The molecule has 0 saturated carbocycles. The van der Waals surface area contributed by atoms with E-state index >= 15 is 0 Å². The van der Waals surface area contributed by atoms with E-state index in [9.17, 15) is 4.79 Å². The quantitative estimate of drug-likeness (QED) is 0.444. The van der Waals surface area contributed by atoms with E-state index in [1.54, 1.807) is 25.3 Å². The van der Waals surface area contributed by atoms with Crippen LogP contribution in [0.25, 0.3) is 22.1 Å². The van der Waals surface area contributed by atoms with Crippen LogP contribution in [0.2, 0.25) is 0 Å². The Labute approximate surface area is 169 Å². The molecule has 0 amide bonds. The molecule has 0 radical (unpaired) electrons. The molecule has 0 aliphatic carbocycles. The lowest BCUT2D eigenvalue weighted by Gasteiger charge is -2.11. The molecule has 4 rings (SSSR count). The second-order valence-corrected chi connectivity index (χ2v) is 7.06. The summed E-state index contributed by atoms with van der Waals surface area (Å²) >= 11 is 0. The molecule has 4 nitrogen and oxygen atoms in total. The van der Waals surface area contributed by atoms with Gasteiger partial charge in [0.1, 0.15) is 30.0 Å². The van der Waals surface area contributed by atoms with Gasteiger partial charge in [-0.3, -0.25) is 4.79 Å². The van der Waals surface area contributed by atoms with Crippen molar-refractivity contribution in [2.45, 2.75) is 20.5 Å². The highest BCUT2D eigenvalue weighted by Gasteiger charge is 2.13. The molecule has 0 aliphatic rings. The highest BCUT2D eigenvalue weighted by molar-refractivity contribution is 5.83. The van der Waals surface area contributed by atoms with E-state index in [1.807, 2.05) is 24.3 Å². The van der Waals surface area contributed by atoms with Crippen molar-refractivity contribution in [3.63, 3.8) is 0 Å². The van der Waals surface area contributed by atoms with Crippen molar-refractivity contribution in [2.24, 2.45) is 0 Å². The van der Waals surface area contributed by atoms with Crippen LogP contribution in [0.1, 0.15) is 16.7 Å². The fourth-order valence-electron chi connectivity index (χ4n) is 3.37. The molecule has 0 saturated heterocycles. The summed E-state index contributed by atoms with van der Waals surface area (Å²) in [7, 11) is 1.58. The van der Waals surface area contributed by atoms with Gasteiger partial charge in [-0.2, -0.15) is 0 Å². The number of hydrogen-bond acceptors (Lipinski definition) is 4. The maximum atomic E-state index is 13.0. The van der Waals surface area contributed by atoms with Gasteiger partial charge in [-0.1, -0.05) is 42.0 Å². The Bertz CT molecular complexity index is 1240. The number of hydrogen-bond donors (Lipinski definition) is 0. The summed E-state index contributed by atoms with van der Waals surface area (Å²) in [4.78, 5) is 13.0. The van der Waals surface area contributed by atoms with Crippen molar-refractivity contribution in [1.82, 2.24) is 0 Å². The van der Waals surface area contributed by atoms with Crippen LogP contribution < -0.4 is 14.9 Å². The molecule has 4 aromatic rings. The van der Waals surface area contributed by atoms with Crippen LogP contribution in [0, 0.1) is 13.8 Å². The zero-order valence-corrected chi connectivity index (χ0v) is 16.7. The van der Waals surface area contributed by atoms with Crippen LogP contribution in [-0.4, -0.2) is 7.11 Å². The zero-order valence-electron chi connectivity index (χ0n) is 16.7. The highest BCUT2D eigenvalue weighted by Crippen LogP contribution is 2.29. The number of ether oxygens (including phenoxy) is 2. The Morgan fingerprint density at radius 3 is 2.59 bits per heavy atom. The van der Waals surface area contributed by atoms with E-state index in [0.29, 0.717) is 40.2 Å². The second kappa shape index (κ2) is 7.84. The van der Waals surface area contributed by atoms with Crippen molar-refractivity contribution < 1.29 is 13.9 Å². The highest BCUT2D eigenvalue weighted by atomic mass is 16.5. The molecule has 29 heavy (non-hydrogen) atoms. The van der Waals surface area contributed by atoms with Gasteiger partial charge in [0.2, 0.25) is 5.43 Å². The molecule has 0 N–H and O–H groups in total. The van der Waals surface area contributed by atoms with Crippen LogP contribution in [-0.2, 0) is 6.61 Å². The standard InChI is InChI=1S/C25H22O4/c1-16-8-9-17(2)18(12-16)14-28-19-10-11-21-24(13-19)29-15-22(25(21)26)20-6-4-5-7-23(20)27-3/h4-13,15H,14H2,1-3H3. The van der Waals surface area contributed by atoms with Crippen LogP contribution in [0.15, 0.2) is 76.1 Å². The van der Waals surface area contributed by atoms with E-state index in [4.69, 9.17) is 13.9 Å². The van der Waals surface area contributed by atoms with Crippen molar-refractivity contribution >= 4 is 11.0 Å². The fraction of sp³-hybridized carbons (Fsp3) is 0.160. The van der Waals surface area contributed by atoms with E-state index in [0.717, 1.165) is 5.56 Å². The maximum Gasteiger partial charge on any atom is 0.200 e. The molecule has 0 aliphatic heterocycles. The van der Waals surface area contributed by atoms with Gasteiger partial charge in [0.25, 0.3) is 0 Å². The number of aryl methyl sites for hydroxylation is 2. The molecule has 3 aromatic carbocycles. The first-order chi connectivity index (χ1) is 14.1. The van der Waals surface area contributed by atoms with E-state index in [2.05, 4.69) is 32.0 Å². The Kier molecular flexibility index (Phi) is 5.09. The summed E-state index contributed by atoms with van der Waals surface area (Å²) in [5, 5.41) is 0.507. The average Bonchev–Trinajstić information content (AvgIpc) is 2.74. The number of benzene rings is 3. The van der Waals surface area contributed by atoms with Gasteiger partial charge in [-0.25, -0.2) is 0 Å². The molecule has 0 spiro atoms. The summed E-state index contributed by atoms with van der Waals surface area (Å²) in [6.07, 6.45) is 1.48. The second-order valence-electron chi connectivity index (χ2n) is 7.06. The largest absolute Gasteiger partial charge is 0.496 e. The number of rotatable bonds is 5. The van der Waals surface area contributed by atoms with Gasteiger partial charge in [-0.15, -0.1) is 0 Å². The maximum absolute atomic E-state index is 13.0. The van der Waals surface area contributed by atoms with Gasteiger partial charge >= 0.3 is 0 Å². The fourth-order valence-corrected chi connectivity index (χ4v) is 3.37. The van der Waals surface area contributed by atoms with Crippen molar-refractivity contribution in [1.29, 1.82) is 0 Å². The van der Waals surface area contributed by atoms with E-state index in [1.165, 1.54) is 17.4 Å². The van der Waals surface area contributed by atoms with Gasteiger partial charge in [0.15, 0.2) is 0 Å². The third-order valence-electron chi connectivity index (χ3n) is 5.04. The zero-order chi connectivity index (χ0) is 20.4. The molecule has 0 unspecified atom stereocenters. The summed E-state index contributed by atoms with van der Waals surface area (Å²) in [6.45, 7) is 4.59. The molecule has 0 bridgehead atoms. The SMILES string of the molecule is COc1ccccc1-c1coc2cc(OCc3cc(C)ccc3C)ccc2c1=O. The minimum atomic E-state index is -0.100. The first-order valence-corrected chi connectivity index (χ1v) is 9.44. The lowest BCUT2D eigenvalue weighted by molar-refractivity contribution is 0.305. The van der Waals surface area contributed by atoms with Crippen LogP contribution >= 0.6 is 0 Å². The average molecular weight is 386 g/mol.